The molecule has 0 aliphatic rings. The van der Waals surface area contributed by atoms with Crippen LogP contribution in [0.25, 0.3) is 16.9 Å². The lowest BCUT2D eigenvalue weighted by molar-refractivity contribution is 0.248. The Hall–Kier alpha value is -3.52. The lowest BCUT2D eigenvalue weighted by Gasteiger charge is -2.20. The molecule has 8 heteroatoms. The Morgan fingerprint density at radius 1 is 1.00 bits per heavy atom. The summed E-state index contributed by atoms with van der Waals surface area (Å²) in [5.41, 5.74) is 4.95. The Labute approximate surface area is 194 Å². The molecule has 0 fully saturated rings. The van der Waals surface area contributed by atoms with Crippen molar-refractivity contribution in [3.05, 3.63) is 66.0 Å². The number of anilines is 2. The number of hydrogen-bond acceptors (Lipinski definition) is 7. The van der Waals surface area contributed by atoms with E-state index in [4.69, 9.17) is 4.98 Å². The Morgan fingerprint density at radius 3 is 2.42 bits per heavy atom. The topological polar surface area (TPSA) is 100 Å². The number of aliphatic hydroxyl groups excluding tert-OH is 1. The van der Waals surface area contributed by atoms with E-state index in [1.165, 1.54) is 0 Å². The van der Waals surface area contributed by atoms with Crippen LogP contribution in [0.3, 0.4) is 0 Å². The fourth-order valence-corrected chi connectivity index (χ4v) is 3.58. The molecule has 3 heterocycles. The van der Waals surface area contributed by atoms with Crippen molar-refractivity contribution in [3.63, 3.8) is 0 Å². The molecule has 0 saturated carbocycles. The van der Waals surface area contributed by atoms with Crippen molar-refractivity contribution in [1.29, 1.82) is 0 Å². The van der Waals surface area contributed by atoms with Gasteiger partial charge in [0, 0.05) is 23.9 Å². The van der Waals surface area contributed by atoms with Crippen LogP contribution in [0, 0.1) is 5.92 Å². The molecular formula is C25H31N7O. The van der Waals surface area contributed by atoms with Gasteiger partial charge < -0.3 is 15.7 Å². The van der Waals surface area contributed by atoms with Crippen LogP contribution in [0.5, 0.6) is 0 Å². The molecule has 0 amide bonds. The third-order valence-electron chi connectivity index (χ3n) is 5.70. The molecule has 1 atom stereocenters. The molecule has 0 spiro atoms. The largest absolute Gasteiger partial charge is 0.394 e. The Balaban J connectivity index is 1.59. The summed E-state index contributed by atoms with van der Waals surface area (Å²) in [6.45, 7) is 8.93. The lowest BCUT2D eigenvalue weighted by Crippen LogP contribution is -2.30. The SMILES string of the molecule is CC(C)c1cnn2c(NCc3ccc(-c4ccccn4)cc3)nc(N[C@H](CO)C(C)C)nc12. The molecule has 4 aromatic rings. The second kappa shape index (κ2) is 9.95. The molecule has 0 saturated heterocycles. The lowest BCUT2D eigenvalue weighted by atomic mass is 10.1. The van der Waals surface area contributed by atoms with E-state index in [2.05, 4.69) is 77.7 Å². The minimum Gasteiger partial charge on any atom is -0.394 e. The molecule has 0 aliphatic heterocycles. The maximum Gasteiger partial charge on any atom is 0.229 e. The number of pyridine rings is 1. The average molecular weight is 446 g/mol. The highest BCUT2D eigenvalue weighted by molar-refractivity contribution is 5.59. The molecule has 33 heavy (non-hydrogen) atoms. The number of benzene rings is 1. The normalized spacial score (nSPS) is 12.5. The minimum absolute atomic E-state index is 0.00783. The quantitative estimate of drug-likeness (QED) is 0.352. The number of nitrogens with one attached hydrogen (secondary N) is 2. The van der Waals surface area contributed by atoms with Gasteiger partial charge in [-0.15, -0.1) is 0 Å². The summed E-state index contributed by atoms with van der Waals surface area (Å²) in [4.78, 5) is 13.8. The summed E-state index contributed by atoms with van der Waals surface area (Å²) < 4.78 is 1.74. The number of aliphatic hydroxyl groups is 1. The summed E-state index contributed by atoms with van der Waals surface area (Å²) >= 11 is 0. The summed E-state index contributed by atoms with van der Waals surface area (Å²) in [5, 5.41) is 21.0. The van der Waals surface area contributed by atoms with E-state index in [0.29, 0.717) is 18.4 Å². The summed E-state index contributed by atoms with van der Waals surface area (Å²) in [6, 6.07) is 14.1. The van der Waals surface area contributed by atoms with Crippen molar-refractivity contribution >= 4 is 17.5 Å². The minimum atomic E-state index is -0.134. The molecule has 0 bridgehead atoms. The van der Waals surface area contributed by atoms with Crippen molar-refractivity contribution in [2.24, 2.45) is 5.92 Å². The molecule has 3 N–H and O–H groups in total. The standard InChI is InChI=1S/C25H31N7O/c1-16(2)20-14-28-32-23(20)30-24(29-22(15-33)17(3)4)31-25(32)27-13-18-8-10-19(11-9-18)21-7-5-6-12-26-21/h5-12,14,16-17,22,33H,13,15H2,1-4H3,(H2,27,29,30,31)/t22-/m1/s1. The Bertz CT molecular complexity index is 1190. The fraction of sp³-hybridized carbons (Fsp3) is 0.360. The van der Waals surface area contributed by atoms with E-state index in [9.17, 15) is 5.11 Å². The first kappa shape index (κ1) is 22.7. The summed E-state index contributed by atoms with van der Waals surface area (Å²) in [7, 11) is 0. The summed E-state index contributed by atoms with van der Waals surface area (Å²) in [6.07, 6.45) is 3.64. The van der Waals surface area contributed by atoms with E-state index in [0.717, 1.165) is 28.0 Å². The molecule has 0 unspecified atom stereocenters. The van der Waals surface area contributed by atoms with Crippen molar-refractivity contribution in [2.75, 3.05) is 17.2 Å². The predicted octanol–water partition coefficient (Wildman–Crippen LogP) is 4.35. The van der Waals surface area contributed by atoms with Crippen LogP contribution in [-0.4, -0.2) is 42.3 Å². The van der Waals surface area contributed by atoms with Crippen LogP contribution in [0.4, 0.5) is 11.9 Å². The van der Waals surface area contributed by atoms with Gasteiger partial charge in [0.15, 0.2) is 5.65 Å². The first-order valence-corrected chi connectivity index (χ1v) is 11.3. The van der Waals surface area contributed by atoms with Crippen LogP contribution in [0.15, 0.2) is 54.9 Å². The van der Waals surface area contributed by atoms with Crippen LogP contribution < -0.4 is 10.6 Å². The van der Waals surface area contributed by atoms with Crippen molar-refractivity contribution in [3.8, 4) is 11.3 Å². The second-order valence-corrected chi connectivity index (χ2v) is 8.80. The van der Waals surface area contributed by atoms with E-state index in [1.54, 1.807) is 10.7 Å². The first-order chi connectivity index (χ1) is 16.0. The number of rotatable bonds is 9. The zero-order chi connectivity index (χ0) is 23.4. The van der Waals surface area contributed by atoms with Gasteiger partial charge in [-0.2, -0.15) is 19.6 Å². The predicted molar refractivity (Wildman–Crippen MR) is 131 cm³/mol. The zero-order valence-electron chi connectivity index (χ0n) is 19.5. The highest BCUT2D eigenvalue weighted by Gasteiger charge is 2.18. The average Bonchev–Trinajstić information content (AvgIpc) is 3.26. The molecule has 1 aromatic carbocycles. The van der Waals surface area contributed by atoms with Crippen LogP contribution in [0.1, 0.15) is 44.7 Å². The van der Waals surface area contributed by atoms with E-state index in [1.807, 2.05) is 24.4 Å². The van der Waals surface area contributed by atoms with Gasteiger partial charge in [0.25, 0.3) is 0 Å². The second-order valence-electron chi connectivity index (χ2n) is 8.80. The highest BCUT2D eigenvalue weighted by Crippen LogP contribution is 2.23. The van der Waals surface area contributed by atoms with Gasteiger partial charge in [0.1, 0.15) is 0 Å². The van der Waals surface area contributed by atoms with Gasteiger partial charge in [-0.25, -0.2) is 0 Å². The first-order valence-electron chi connectivity index (χ1n) is 11.3. The zero-order valence-corrected chi connectivity index (χ0v) is 19.5. The number of hydrogen-bond donors (Lipinski definition) is 3. The van der Waals surface area contributed by atoms with Gasteiger partial charge in [-0.1, -0.05) is 58.0 Å². The number of aromatic nitrogens is 5. The third kappa shape index (κ3) is 5.12. The molecule has 4 rings (SSSR count). The van der Waals surface area contributed by atoms with Crippen LogP contribution >= 0.6 is 0 Å². The Morgan fingerprint density at radius 2 is 1.79 bits per heavy atom. The maximum atomic E-state index is 9.74. The van der Waals surface area contributed by atoms with Gasteiger partial charge >= 0.3 is 0 Å². The highest BCUT2D eigenvalue weighted by atomic mass is 16.3. The maximum absolute atomic E-state index is 9.74. The molecule has 172 valence electrons. The van der Waals surface area contributed by atoms with Crippen molar-refractivity contribution < 1.29 is 5.11 Å². The van der Waals surface area contributed by atoms with Gasteiger partial charge in [-0.05, 0) is 29.5 Å². The fourth-order valence-electron chi connectivity index (χ4n) is 3.58. The monoisotopic (exact) mass is 445 g/mol. The molecule has 8 nitrogen and oxygen atoms in total. The number of fused-ring (bicyclic) bond motifs is 1. The van der Waals surface area contributed by atoms with E-state index < -0.39 is 0 Å². The molecule has 0 aliphatic carbocycles. The van der Waals surface area contributed by atoms with Crippen molar-refractivity contribution in [2.45, 2.75) is 46.2 Å². The van der Waals surface area contributed by atoms with Gasteiger partial charge in [0.05, 0.1) is 24.5 Å². The van der Waals surface area contributed by atoms with E-state index in [-0.39, 0.29) is 24.5 Å². The van der Waals surface area contributed by atoms with Crippen LogP contribution in [0.2, 0.25) is 0 Å². The van der Waals surface area contributed by atoms with E-state index >= 15 is 0 Å². The molecule has 3 aromatic heterocycles. The third-order valence-corrected chi connectivity index (χ3v) is 5.70. The smallest absolute Gasteiger partial charge is 0.229 e. The van der Waals surface area contributed by atoms with Gasteiger partial charge in [-0.3, -0.25) is 4.98 Å². The van der Waals surface area contributed by atoms with Crippen LogP contribution in [-0.2, 0) is 6.54 Å². The number of nitrogens with zero attached hydrogens (tertiary/aromatic N) is 5. The Kier molecular flexibility index (Phi) is 6.84. The van der Waals surface area contributed by atoms with Gasteiger partial charge in [0.2, 0.25) is 11.9 Å². The summed E-state index contributed by atoms with van der Waals surface area (Å²) in [5.74, 6) is 1.59. The van der Waals surface area contributed by atoms with Crippen molar-refractivity contribution in [1.82, 2.24) is 24.6 Å². The molecule has 0 radical (unpaired) electrons. The molecular weight excluding hydrogens is 414 g/mol.